The number of rotatable bonds is 9. The molecule has 3 aromatic carbocycles. The van der Waals surface area contributed by atoms with Crippen molar-refractivity contribution < 1.29 is 28.6 Å². The number of halogens is 2. The Kier molecular flexibility index (Phi) is 9.51. The van der Waals surface area contributed by atoms with Crippen molar-refractivity contribution in [3.05, 3.63) is 105 Å². The van der Waals surface area contributed by atoms with Gasteiger partial charge in [-0.3, -0.25) is 14.4 Å². The summed E-state index contributed by atoms with van der Waals surface area (Å²) < 4.78 is 16.7. The van der Waals surface area contributed by atoms with E-state index in [9.17, 15) is 14.4 Å². The molecule has 12 heteroatoms. The van der Waals surface area contributed by atoms with Gasteiger partial charge in [0.15, 0.2) is 17.3 Å². The van der Waals surface area contributed by atoms with E-state index in [-0.39, 0.29) is 37.4 Å². The zero-order valence-corrected chi connectivity index (χ0v) is 27.4. The maximum absolute atomic E-state index is 13.1. The van der Waals surface area contributed by atoms with Crippen molar-refractivity contribution in [2.75, 3.05) is 51.5 Å². The highest BCUT2D eigenvalue weighted by Gasteiger charge is 2.27. The molecule has 0 bridgehead atoms. The van der Waals surface area contributed by atoms with E-state index in [0.717, 1.165) is 16.8 Å². The first-order valence-corrected chi connectivity index (χ1v) is 15.8. The minimum absolute atomic E-state index is 0.0115. The number of fused-ring (bicyclic) bond motifs is 1. The van der Waals surface area contributed by atoms with Crippen molar-refractivity contribution in [2.24, 2.45) is 0 Å². The Morgan fingerprint density at radius 3 is 2.32 bits per heavy atom. The number of piperazine rings is 1. The molecule has 1 fully saturated rings. The van der Waals surface area contributed by atoms with Gasteiger partial charge in [0.25, 0.3) is 5.91 Å². The van der Waals surface area contributed by atoms with Crippen LogP contribution in [0.25, 0.3) is 0 Å². The Hall–Kier alpha value is -4.80. The Balaban J connectivity index is 0.988. The topological polar surface area (TPSA) is 102 Å². The van der Waals surface area contributed by atoms with E-state index in [4.69, 9.17) is 37.4 Å². The fraction of sp³-hybridized carbons (Fsp3) is 0.257. The number of hydrogen-bond acceptors (Lipinski definition) is 8. The molecule has 2 amide bonds. The zero-order chi connectivity index (χ0) is 33.1. The highest BCUT2D eigenvalue weighted by molar-refractivity contribution is 6.42. The standard InChI is InChI=1S/C35H32Cl2N4O6/c1-22-15-26(6-9-30(22)47-33-10-3-23(19-38-33)16-29(42)24-4-7-27(36)28(37)17-24)39(2)20-34(43)40-11-13-41(14-12-40)35(44)25-5-8-31-32(18-25)46-21-45-31/h3-10,15,17-19H,11-14,16,20-21H2,1-2H3. The highest BCUT2D eigenvalue weighted by atomic mass is 35.5. The summed E-state index contributed by atoms with van der Waals surface area (Å²) in [6.07, 6.45) is 1.78. The Morgan fingerprint density at radius 2 is 1.60 bits per heavy atom. The quantitative estimate of drug-likeness (QED) is 0.197. The average Bonchev–Trinajstić information content (AvgIpc) is 3.55. The lowest BCUT2D eigenvalue weighted by Crippen LogP contribution is -2.52. The number of amides is 2. The van der Waals surface area contributed by atoms with Gasteiger partial charge < -0.3 is 28.9 Å². The van der Waals surface area contributed by atoms with Crippen LogP contribution in [0.2, 0.25) is 10.0 Å². The summed E-state index contributed by atoms with van der Waals surface area (Å²) in [5, 5.41) is 0.732. The lowest BCUT2D eigenvalue weighted by molar-refractivity contribution is -0.131. The molecule has 6 rings (SSSR count). The molecule has 2 aliphatic heterocycles. The monoisotopic (exact) mass is 674 g/mol. The third kappa shape index (κ3) is 7.45. The van der Waals surface area contributed by atoms with Crippen molar-refractivity contribution in [2.45, 2.75) is 13.3 Å². The van der Waals surface area contributed by atoms with Gasteiger partial charge in [-0.05, 0) is 72.6 Å². The van der Waals surface area contributed by atoms with Crippen LogP contribution in [0.15, 0.2) is 72.9 Å². The predicted molar refractivity (Wildman–Crippen MR) is 178 cm³/mol. The van der Waals surface area contributed by atoms with Crippen LogP contribution in [0.4, 0.5) is 5.69 Å². The second kappa shape index (κ2) is 13.9. The van der Waals surface area contributed by atoms with Gasteiger partial charge in [-0.1, -0.05) is 29.3 Å². The van der Waals surface area contributed by atoms with Crippen molar-refractivity contribution in [3.8, 4) is 23.1 Å². The number of likely N-dealkylation sites (N-methyl/N-ethyl adjacent to an activating group) is 1. The Morgan fingerprint density at radius 1 is 0.851 bits per heavy atom. The Bertz CT molecular complexity index is 1830. The maximum atomic E-state index is 13.1. The fourth-order valence-electron chi connectivity index (χ4n) is 5.40. The molecule has 1 saturated heterocycles. The van der Waals surface area contributed by atoms with Crippen LogP contribution in [-0.4, -0.2) is 78.9 Å². The number of hydrogen-bond donors (Lipinski definition) is 0. The van der Waals surface area contributed by atoms with Gasteiger partial charge >= 0.3 is 0 Å². The molecule has 3 heterocycles. The number of ether oxygens (including phenoxy) is 3. The second-order valence-electron chi connectivity index (χ2n) is 11.4. The first kappa shape index (κ1) is 32.2. The number of benzene rings is 3. The van der Waals surface area contributed by atoms with Gasteiger partial charge in [-0.15, -0.1) is 0 Å². The molecule has 0 saturated carbocycles. The fourth-order valence-corrected chi connectivity index (χ4v) is 5.69. The van der Waals surface area contributed by atoms with Crippen LogP contribution in [-0.2, 0) is 11.2 Å². The molecule has 10 nitrogen and oxygen atoms in total. The molecule has 47 heavy (non-hydrogen) atoms. The molecule has 0 N–H and O–H groups in total. The predicted octanol–water partition coefficient (Wildman–Crippen LogP) is 6.06. The number of carbonyl (C=O) groups excluding carboxylic acids is 3. The van der Waals surface area contributed by atoms with Crippen LogP contribution in [0, 0.1) is 6.92 Å². The van der Waals surface area contributed by atoms with Gasteiger partial charge in [0.2, 0.25) is 18.6 Å². The first-order chi connectivity index (χ1) is 22.6. The van der Waals surface area contributed by atoms with Gasteiger partial charge in [0, 0.05) is 68.7 Å². The zero-order valence-electron chi connectivity index (χ0n) is 25.9. The van der Waals surface area contributed by atoms with E-state index in [2.05, 4.69) is 4.98 Å². The summed E-state index contributed by atoms with van der Waals surface area (Å²) in [4.78, 5) is 48.6. The second-order valence-corrected chi connectivity index (χ2v) is 12.2. The number of pyridine rings is 1. The van der Waals surface area contributed by atoms with E-state index in [1.54, 1.807) is 64.5 Å². The van der Waals surface area contributed by atoms with Gasteiger partial charge in [-0.25, -0.2) is 4.98 Å². The lowest BCUT2D eigenvalue weighted by Gasteiger charge is -2.35. The number of ketones is 1. The summed E-state index contributed by atoms with van der Waals surface area (Å²) in [6, 6.07) is 19.2. The minimum atomic E-state index is -0.0944. The molecule has 0 radical (unpaired) electrons. The molecule has 2 aliphatic rings. The summed E-state index contributed by atoms with van der Waals surface area (Å²) in [5.41, 5.74) is 3.50. The highest BCUT2D eigenvalue weighted by Crippen LogP contribution is 2.33. The summed E-state index contributed by atoms with van der Waals surface area (Å²) in [5.74, 6) is 2.03. The van der Waals surface area contributed by atoms with Gasteiger partial charge in [0.1, 0.15) is 5.75 Å². The summed E-state index contributed by atoms with van der Waals surface area (Å²) >= 11 is 12.0. The van der Waals surface area contributed by atoms with Crippen LogP contribution < -0.4 is 19.1 Å². The number of aryl methyl sites for hydroxylation is 1. The largest absolute Gasteiger partial charge is 0.454 e. The third-order valence-corrected chi connectivity index (χ3v) is 8.87. The van der Waals surface area contributed by atoms with Crippen molar-refractivity contribution in [3.63, 3.8) is 0 Å². The van der Waals surface area contributed by atoms with Crippen molar-refractivity contribution >= 4 is 46.5 Å². The molecule has 4 aromatic rings. The number of nitrogens with zero attached hydrogens (tertiary/aromatic N) is 4. The number of Topliss-reactive ketones (excluding diaryl/α,β-unsaturated/α-hetero) is 1. The Labute approximate surface area is 282 Å². The molecule has 0 spiro atoms. The van der Waals surface area contributed by atoms with E-state index >= 15 is 0 Å². The van der Waals surface area contributed by atoms with Crippen molar-refractivity contribution in [1.29, 1.82) is 0 Å². The SMILES string of the molecule is Cc1cc(N(C)CC(=O)N2CCN(C(=O)c3ccc4c(c3)OCO4)CC2)ccc1Oc1ccc(CC(=O)c2ccc(Cl)c(Cl)c2)cn1. The molecule has 0 aliphatic carbocycles. The summed E-state index contributed by atoms with van der Waals surface area (Å²) in [6.45, 7) is 4.11. The molecule has 242 valence electrons. The van der Waals surface area contributed by atoms with Gasteiger partial charge in [0.05, 0.1) is 16.6 Å². The maximum Gasteiger partial charge on any atom is 0.254 e. The molecule has 0 unspecified atom stereocenters. The first-order valence-electron chi connectivity index (χ1n) is 15.0. The lowest BCUT2D eigenvalue weighted by atomic mass is 10.0. The number of aromatic nitrogens is 1. The molecule has 1 aromatic heterocycles. The van der Waals surface area contributed by atoms with E-state index < -0.39 is 0 Å². The summed E-state index contributed by atoms with van der Waals surface area (Å²) in [7, 11) is 1.87. The van der Waals surface area contributed by atoms with Crippen molar-refractivity contribution in [1.82, 2.24) is 14.8 Å². The number of anilines is 1. The van der Waals surface area contributed by atoms with Crippen LogP contribution >= 0.6 is 23.2 Å². The van der Waals surface area contributed by atoms with Crippen LogP contribution in [0.3, 0.4) is 0 Å². The molecule has 0 atom stereocenters. The van der Waals surface area contributed by atoms with Crippen LogP contribution in [0.1, 0.15) is 31.8 Å². The third-order valence-electron chi connectivity index (χ3n) is 8.13. The molecular formula is C35H32Cl2N4O6. The smallest absolute Gasteiger partial charge is 0.254 e. The minimum Gasteiger partial charge on any atom is -0.454 e. The normalized spacial score (nSPS) is 13.8. The van der Waals surface area contributed by atoms with E-state index in [0.29, 0.717) is 70.5 Å². The van der Waals surface area contributed by atoms with E-state index in [1.807, 2.05) is 37.1 Å². The van der Waals surface area contributed by atoms with E-state index in [1.165, 1.54) is 0 Å². The van der Waals surface area contributed by atoms with Gasteiger partial charge in [-0.2, -0.15) is 0 Å². The molecular weight excluding hydrogens is 643 g/mol. The van der Waals surface area contributed by atoms with Crippen LogP contribution in [0.5, 0.6) is 23.1 Å². The average molecular weight is 676 g/mol. The number of carbonyl (C=O) groups is 3.